The van der Waals surface area contributed by atoms with Crippen molar-refractivity contribution in [1.82, 2.24) is 5.32 Å². The van der Waals surface area contributed by atoms with Crippen molar-refractivity contribution in [2.75, 3.05) is 14.1 Å². The molecule has 0 saturated carbocycles. The molecular formula is C12H19N3O4. The lowest BCUT2D eigenvalue weighted by atomic mass is 9.82. The Morgan fingerprint density at radius 1 is 1.32 bits per heavy atom. The summed E-state index contributed by atoms with van der Waals surface area (Å²) in [5.74, 6) is -2.58. The zero-order valence-electron chi connectivity index (χ0n) is 11.2. The molecule has 7 heteroatoms. The van der Waals surface area contributed by atoms with Crippen LogP contribution in [0.2, 0.25) is 0 Å². The number of nitrogens with zero attached hydrogens (tertiary/aromatic N) is 1. The number of fused-ring (bicyclic) bond motifs is 2. The number of carbonyl (C=O) groups is 2. The molecule has 1 amide bonds. The van der Waals surface area contributed by atoms with E-state index >= 15 is 0 Å². The van der Waals surface area contributed by atoms with Gasteiger partial charge in [-0.1, -0.05) is 12.2 Å². The number of hydrogen-bond donors (Lipinski definition) is 3. The van der Waals surface area contributed by atoms with Gasteiger partial charge in [0, 0.05) is 14.0 Å². The average molecular weight is 269 g/mol. The van der Waals surface area contributed by atoms with E-state index in [4.69, 9.17) is 15.1 Å². The van der Waals surface area contributed by atoms with Gasteiger partial charge in [0.2, 0.25) is 5.91 Å². The van der Waals surface area contributed by atoms with Crippen LogP contribution in [0.4, 0.5) is 0 Å². The lowest BCUT2D eigenvalue weighted by molar-refractivity contribution is -0.146. The number of nitrogens with two attached hydrogens (primary N) is 1. The average Bonchev–Trinajstić information content (AvgIpc) is 3.01. The Morgan fingerprint density at radius 3 is 2.11 bits per heavy atom. The highest BCUT2D eigenvalue weighted by atomic mass is 16.5. The van der Waals surface area contributed by atoms with Gasteiger partial charge in [0.15, 0.2) is 0 Å². The molecule has 0 aromatic carbocycles. The minimum Gasteiger partial charge on any atom is -0.481 e. The van der Waals surface area contributed by atoms with Crippen LogP contribution >= 0.6 is 0 Å². The maximum atomic E-state index is 11.4. The number of amides is 1. The Kier molecular flexibility index (Phi) is 7.41. The van der Waals surface area contributed by atoms with E-state index in [0.717, 1.165) is 0 Å². The monoisotopic (exact) mass is 269 g/mol. The molecule has 0 radical (unpaired) electrons. The van der Waals surface area contributed by atoms with Crippen LogP contribution in [0.15, 0.2) is 12.2 Å². The van der Waals surface area contributed by atoms with Gasteiger partial charge in [-0.05, 0) is 7.05 Å². The number of carboxylic acid groups (broad SMARTS) is 1. The molecule has 2 heterocycles. The summed E-state index contributed by atoms with van der Waals surface area (Å²) < 4.78 is 5.33. The zero-order chi connectivity index (χ0) is 15.0. The van der Waals surface area contributed by atoms with E-state index in [9.17, 15) is 9.59 Å². The smallest absolute Gasteiger partial charge is 0.310 e. The molecule has 2 aliphatic rings. The van der Waals surface area contributed by atoms with Crippen LogP contribution in [0.1, 0.15) is 6.92 Å². The molecule has 0 spiro atoms. The van der Waals surface area contributed by atoms with Gasteiger partial charge in [-0.15, -0.1) is 0 Å². The lowest BCUT2D eigenvalue weighted by Crippen LogP contribution is -2.41. The number of ether oxygens (including phenoxy) is 1. The number of aliphatic carboxylic acids is 1. The minimum atomic E-state index is -0.976. The summed E-state index contributed by atoms with van der Waals surface area (Å²) >= 11 is 0. The molecule has 7 nitrogen and oxygen atoms in total. The second kappa shape index (κ2) is 8.24. The van der Waals surface area contributed by atoms with Gasteiger partial charge < -0.3 is 20.9 Å². The molecule has 0 aromatic rings. The highest BCUT2D eigenvalue weighted by Gasteiger charge is 2.52. The second-order valence-electron chi connectivity index (χ2n) is 3.68. The summed E-state index contributed by atoms with van der Waals surface area (Å²) in [6, 6.07) is 1.75. The normalized spacial score (nSPS) is 29.2. The fourth-order valence-corrected chi connectivity index (χ4v) is 2.08. The van der Waals surface area contributed by atoms with Gasteiger partial charge in [0.25, 0.3) is 0 Å². The minimum absolute atomic E-state index is 0.269. The second-order valence-corrected chi connectivity index (χ2v) is 3.68. The maximum Gasteiger partial charge on any atom is 0.310 e. The van der Waals surface area contributed by atoms with Crippen molar-refractivity contribution in [2.24, 2.45) is 17.6 Å². The van der Waals surface area contributed by atoms with Gasteiger partial charge in [0.1, 0.15) is 5.92 Å². The SMILES string of the molecule is CC#N.CN.CNC(=O)C1C(C(=O)O)C2C=C[C@H]1O2. The van der Waals surface area contributed by atoms with Crippen molar-refractivity contribution >= 4 is 11.9 Å². The predicted molar refractivity (Wildman–Crippen MR) is 67.9 cm³/mol. The van der Waals surface area contributed by atoms with Crippen LogP contribution in [0.3, 0.4) is 0 Å². The summed E-state index contributed by atoms with van der Waals surface area (Å²) in [6.45, 7) is 1.43. The van der Waals surface area contributed by atoms with Gasteiger partial charge in [0.05, 0.1) is 24.2 Å². The number of hydrogen-bond acceptors (Lipinski definition) is 5. The first-order valence-corrected chi connectivity index (χ1v) is 5.73. The fourth-order valence-electron chi connectivity index (χ4n) is 2.08. The molecule has 2 rings (SSSR count). The lowest BCUT2D eigenvalue weighted by Gasteiger charge is -2.19. The van der Waals surface area contributed by atoms with E-state index in [1.165, 1.54) is 21.0 Å². The number of rotatable bonds is 2. The van der Waals surface area contributed by atoms with Crippen LogP contribution < -0.4 is 11.1 Å². The molecule has 106 valence electrons. The largest absolute Gasteiger partial charge is 0.481 e. The van der Waals surface area contributed by atoms with Gasteiger partial charge in [-0.3, -0.25) is 9.59 Å². The van der Waals surface area contributed by atoms with E-state index in [-0.39, 0.29) is 12.0 Å². The summed E-state index contributed by atoms with van der Waals surface area (Å²) in [7, 11) is 3.00. The first-order valence-electron chi connectivity index (χ1n) is 5.73. The van der Waals surface area contributed by atoms with Gasteiger partial charge >= 0.3 is 5.97 Å². The summed E-state index contributed by atoms with van der Waals surface area (Å²) in [6.07, 6.45) is 2.65. The Balaban J connectivity index is 0.000000573. The van der Waals surface area contributed by atoms with Crippen molar-refractivity contribution in [3.8, 4) is 6.07 Å². The highest BCUT2D eigenvalue weighted by molar-refractivity contribution is 5.87. The van der Waals surface area contributed by atoms with Crippen LogP contribution in [0.25, 0.3) is 0 Å². The Labute approximate surface area is 112 Å². The fraction of sp³-hybridized carbons (Fsp3) is 0.583. The van der Waals surface area contributed by atoms with Crippen LogP contribution in [0.5, 0.6) is 0 Å². The Hall–Kier alpha value is -1.91. The number of nitriles is 1. The van der Waals surface area contributed by atoms with Crippen LogP contribution in [0, 0.1) is 23.2 Å². The molecule has 2 bridgehead atoms. The summed E-state index contributed by atoms with van der Waals surface area (Å²) in [4.78, 5) is 22.4. The van der Waals surface area contributed by atoms with E-state index in [0.29, 0.717) is 0 Å². The third kappa shape index (κ3) is 3.77. The van der Waals surface area contributed by atoms with Crippen molar-refractivity contribution in [3.63, 3.8) is 0 Å². The summed E-state index contributed by atoms with van der Waals surface area (Å²) in [5, 5.41) is 18.7. The molecule has 19 heavy (non-hydrogen) atoms. The molecule has 2 aliphatic heterocycles. The van der Waals surface area contributed by atoms with Crippen molar-refractivity contribution in [2.45, 2.75) is 19.1 Å². The third-order valence-electron chi connectivity index (χ3n) is 2.73. The number of carbonyl (C=O) groups excluding carboxylic acids is 1. The molecular weight excluding hydrogens is 250 g/mol. The first-order chi connectivity index (χ1) is 9.06. The third-order valence-corrected chi connectivity index (χ3v) is 2.73. The maximum absolute atomic E-state index is 11.4. The van der Waals surface area contributed by atoms with E-state index in [1.54, 1.807) is 18.2 Å². The van der Waals surface area contributed by atoms with E-state index < -0.39 is 23.9 Å². The zero-order valence-corrected chi connectivity index (χ0v) is 11.2. The highest BCUT2D eigenvalue weighted by Crippen LogP contribution is 2.39. The van der Waals surface area contributed by atoms with Crippen LogP contribution in [-0.2, 0) is 14.3 Å². The summed E-state index contributed by atoms with van der Waals surface area (Å²) in [5.41, 5.74) is 4.50. The molecule has 1 saturated heterocycles. The molecule has 4 N–H and O–H groups in total. The van der Waals surface area contributed by atoms with Crippen molar-refractivity contribution in [1.29, 1.82) is 5.26 Å². The van der Waals surface area contributed by atoms with Gasteiger partial charge in [-0.2, -0.15) is 5.26 Å². The molecule has 1 fully saturated rings. The topological polar surface area (TPSA) is 125 Å². The molecule has 4 atom stereocenters. The molecule has 0 aliphatic carbocycles. The Morgan fingerprint density at radius 2 is 1.74 bits per heavy atom. The standard InChI is InChI=1S/C9H11NO4.C2H3N.CH5N/c1-10-8(11)6-4-2-3-5(14-4)7(6)9(12)13;1-2-3;1-2/h2-7H,1H3,(H,10,11)(H,12,13);1H3;2H2,1H3/t4-,5?,6?,7?;;/m1../s1. The first kappa shape index (κ1) is 17.1. The number of carboxylic acids is 1. The van der Waals surface area contributed by atoms with Gasteiger partial charge in [-0.25, -0.2) is 0 Å². The van der Waals surface area contributed by atoms with E-state index in [1.807, 2.05) is 0 Å². The Bertz CT molecular complexity index is 389. The molecule has 3 unspecified atom stereocenters. The van der Waals surface area contributed by atoms with Crippen LogP contribution in [-0.4, -0.2) is 43.3 Å². The van der Waals surface area contributed by atoms with E-state index in [2.05, 4.69) is 11.1 Å². The van der Waals surface area contributed by atoms with Crippen molar-refractivity contribution in [3.05, 3.63) is 12.2 Å². The number of nitrogens with one attached hydrogen (secondary N) is 1. The predicted octanol–water partition coefficient (Wildman–Crippen LogP) is -0.509. The molecule has 0 aromatic heterocycles. The quantitative estimate of drug-likeness (QED) is 0.580. The van der Waals surface area contributed by atoms with Crippen molar-refractivity contribution < 1.29 is 19.4 Å².